The van der Waals surface area contributed by atoms with Gasteiger partial charge in [-0.05, 0) is 25.3 Å². The van der Waals surface area contributed by atoms with Crippen molar-refractivity contribution in [2.24, 2.45) is 5.92 Å². The Morgan fingerprint density at radius 1 is 1.33 bits per heavy atom. The molecule has 0 unspecified atom stereocenters. The van der Waals surface area contributed by atoms with Crippen LogP contribution in [0.2, 0.25) is 0 Å². The number of hydrogen-bond acceptors (Lipinski definition) is 1. The van der Waals surface area contributed by atoms with E-state index in [1.807, 2.05) is 32.0 Å². The zero-order chi connectivity index (χ0) is 11.3. The number of aliphatic hydroxyl groups excluding tert-OH is 1. The van der Waals surface area contributed by atoms with Crippen LogP contribution in [0.4, 0.5) is 0 Å². The summed E-state index contributed by atoms with van der Waals surface area (Å²) in [5, 5.41) is 9.89. The lowest BCUT2D eigenvalue weighted by molar-refractivity contribution is 0.124. The lowest BCUT2D eigenvalue weighted by atomic mass is 9.93. The Labute approximate surface area is 92.5 Å². The molecular weight excluding hydrogens is 184 g/mol. The van der Waals surface area contributed by atoms with Crippen molar-refractivity contribution in [3.8, 4) is 0 Å². The highest BCUT2D eigenvalue weighted by Crippen LogP contribution is 2.16. The average molecular weight is 204 g/mol. The maximum Gasteiger partial charge on any atom is 0.0605 e. The average Bonchev–Trinajstić information content (AvgIpc) is 2.26. The van der Waals surface area contributed by atoms with Gasteiger partial charge in [-0.2, -0.15) is 0 Å². The Morgan fingerprint density at radius 2 is 1.93 bits per heavy atom. The first-order valence-electron chi connectivity index (χ1n) is 5.48. The highest BCUT2D eigenvalue weighted by atomic mass is 16.3. The molecule has 0 heterocycles. The van der Waals surface area contributed by atoms with Gasteiger partial charge in [0.2, 0.25) is 0 Å². The zero-order valence-electron chi connectivity index (χ0n) is 9.61. The summed E-state index contributed by atoms with van der Waals surface area (Å²) in [6.07, 6.45) is 1.46. The van der Waals surface area contributed by atoms with Gasteiger partial charge in [-0.1, -0.05) is 49.4 Å². The Hall–Kier alpha value is -1.08. The van der Waals surface area contributed by atoms with Crippen molar-refractivity contribution in [3.63, 3.8) is 0 Å². The van der Waals surface area contributed by atoms with Crippen LogP contribution >= 0.6 is 0 Å². The van der Waals surface area contributed by atoms with E-state index in [1.54, 1.807) is 0 Å². The minimum absolute atomic E-state index is 0.189. The van der Waals surface area contributed by atoms with Crippen LogP contribution in [0.5, 0.6) is 0 Å². The maximum atomic E-state index is 9.89. The molecule has 1 nitrogen and oxygen atoms in total. The summed E-state index contributed by atoms with van der Waals surface area (Å²) in [6.45, 7) is 7.87. The number of aryl methyl sites for hydroxylation is 1. The van der Waals surface area contributed by atoms with E-state index in [4.69, 9.17) is 0 Å². The van der Waals surface area contributed by atoms with E-state index in [0.29, 0.717) is 0 Å². The highest BCUT2D eigenvalue weighted by molar-refractivity contribution is 5.14. The van der Waals surface area contributed by atoms with E-state index >= 15 is 0 Å². The van der Waals surface area contributed by atoms with Crippen molar-refractivity contribution in [2.45, 2.75) is 32.8 Å². The van der Waals surface area contributed by atoms with E-state index in [9.17, 15) is 5.11 Å². The second-order valence-electron chi connectivity index (χ2n) is 4.23. The Bertz CT molecular complexity index is 302. The van der Waals surface area contributed by atoms with E-state index in [1.165, 1.54) is 5.56 Å². The first-order chi connectivity index (χ1) is 7.11. The summed E-state index contributed by atoms with van der Waals surface area (Å²) in [4.78, 5) is 0. The van der Waals surface area contributed by atoms with Gasteiger partial charge < -0.3 is 5.11 Å². The fourth-order valence-electron chi connectivity index (χ4n) is 1.54. The fourth-order valence-corrected chi connectivity index (χ4v) is 1.54. The molecule has 0 radical (unpaired) electrons. The summed E-state index contributed by atoms with van der Waals surface area (Å²) in [7, 11) is 0. The number of hydrogen-bond donors (Lipinski definition) is 1. The normalized spacial score (nSPS) is 14.6. The van der Waals surface area contributed by atoms with Crippen LogP contribution < -0.4 is 0 Å². The Balaban J connectivity index is 2.41. The molecule has 82 valence electrons. The molecule has 0 aliphatic carbocycles. The van der Waals surface area contributed by atoms with Gasteiger partial charge >= 0.3 is 0 Å². The number of rotatable bonds is 5. The van der Waals surface area contributed by atoms with Gasteiger partial charge in [-0.3, -0.25) is 0 Å². The Kier molecular flexibility index (Phi) is 4.57. The summed E-state index contributed by atoms with van der Waals surface area (Å²) >= 11 is 0. The van der Waals surface area contributed by atoms with Crippen LogP contribution in [0.15, 0.2) is 42.5 Å². The molecular formula is C14H20O. The van der Waals surface area contributed by atoms with Crippen LogP contribution in [-0.4, -0.2) is 11.2 Å². The molecule has 0 aromatic heterocycles. The van der Waals surface area contributed by atoms with Crippen molar-refractivity contribution in [3.05, 3.63) is 48.0 Å². The molecule has 0 fully saturated rings. The third-order valence-corrected chi connectivity index (χ3v) is 2.93. The predicted molar refractivity (Wildman–Crippen MR) is 64.7 cm³/mol. The molecule has 1 heteroatoms. The van der Waals surface area contributed by atoms with Crippen LogP contribution in [0.1, 0.15) is 25.8 Å². The minimum Gasteiger partial charge on any atom is -0.393 e. The molecule has 1 rings (SSSR count). The van der Waals surface area contributed by atoms with Crippen molar-refractivity contribution in [2.75, 3.05) is 0 Å². The van der Waals surface area contributed by atoms with Crippen molar-refractivity contribution >= 4 is 0 Å². The quantitative estimate of drug-likeness (QED) is 0.730. The van der Waals surface area contributed by atoms with Gasteiger partial charge in [0, 0.05) is 5.92 Å². The summed E-state index contributed by atoms with van der Waals surface area (Å²) in [5.74, 6) is 0.189. The molecule has 0 bridgehead atoms. The first-order valence-corrected chi connectivity index (χ1v) is 5.48. The largest absolute Gasteiger partial charge is 0.393 e. The zero-order valence-corrected chi connectivity index (χ0v) is 9.61. The molecule has 0 amide bonds. The summed E-state index contributed by atoms with van der Waals surface area (Å²) in [6, 6.07) is 10.3. The molecule has 0 aliphatic heterocycles. The SMILES string of the molecule is C=C(C)[C@H](C)[C@@H](O)CCc1ccccc1. The van der Waals surface area contributed by atoms with Gasteiger partial charge in [-0.25, -0.2) is 0 Å². The van der Waals surface area contributed by atoms with E-state index in [-0.39, 0.29) is 12.0 Å². The van der Waals surface area contributed by atoms with Gasteiger partial charge in [0.25, 0.3) is 0 Å². The third kappa shape index (κ3) is 3.88. The maximum absolute atomic E-state index is 9.89. The molecule has 1 aromatic carbocycles. The van der Waals surface area contributed by atoms with Crippen molar-refractivity contribution in [1.29, 1.82) is 0 Å². The van der Waals surface area contributed by atoms with E-state index in [0.717, 1.165) is 18.4 Å². The van der Waals surface area contributed by atoms with Gasteiger partial charge in [0.1, 0.15) is 0 Å². The smallest absolute Gasteiger partial charge is 0.0605 e. The molecule has 1 aromatic rings. The van der Waals surface area contributed by atoms with Crippen LogP contribution in [0.3, 0.4) is 0 Å². The molecule has 0 saturated carbocycles. The molecule has 0 saturated heterocycles. The van der Waals surface area contributed by atoms with E-state index < -0.39 is 0 Å². The second-order valence-corrected chi connectivity index (χ2v) is 4.23. The lowest BCUT2D eigenvalue weighted by Crippen LogP contribution is -2.18. The monoisotopic (exact) mass is 204 g/mol. The van der Waals surface area contributed by atoms with Crippen molar-refractivity contribution < 1.29 is 5.11 Å². The van der Waals surface area contributed by atoms with Crippen LogP contribution in [0, 0.1) is 5.92 Å². The molecule has 1 N–H and O–H groups in total. The first kappa shape index (κ1) is 12.0. The lowest BCUT2D eigenvalue weighted by Gasteiger charge is -2.18. The number of aliphatic hydroxyl groups is 1. The van der Waals surface area contributed by atoms with Gasteiger partial charge in [0.05, 0.1) is 6.10 Å². The fraction of sp³-hybridized carbons (Fsp3) is 0.429. The van der Waals surface area contributed by atoms with Gasteiger partial charge in [0.15, 0.2) is 0 Å². The summed E-state index contributed by atoms with van der Waals surface area (Å²) in [5.41, 5.74) is 2.33. The Morgan fingerprint density at radius 3 is 2.47 bits per heavy atom. The van der Waals surface area contributed by atoms with E-state index in [2.05, 4.69) is 18.7 Å². The standard InChI is InChI=1S/C14H20O/c1-11(2)12(3)14(15)10-9-13-7-5-4-6-8-13/h4-8,12,14-15H,1,9-10H2,2-3H3/t12-,14-/m0/s1. The predicted octanol–water partition coefficient (Wildman–Crippen LogP) is 3.19. The van der Waals surface area contributed by atoms with Crippen LogP contribution in [-0.2, 0) is 6.42 Å². The minimum atomic E-state index is -0.275. The topological polar surface area (TPSA) is 20.2 Å². The summed E-state index contributed by atoms with van der Waals surface area (Å²) < 4.78 is 0. The molecule has 15 heavy (non-hydrogen) atoms. The second kappa shape index (κ2) is 5.72. The van der Waals surface area contributed by atoms with Crippen LogP contribution in [0.25, 0.3) is 0 Å². The van der Waals surface area contributed by atoms with Gasteiger partial charge in [-0.15, -0.1) is 0 Å². The number of benzene rings is 1. The molecule has 2 atom stereocenters. The third-order valence-electron chi connectivity index (χ3n) is 2.93. The van der Waals surface area contributed by atoms with Crippen molar-refractivity contribution in [1.82, 2.24) is 0 Å². The molecule has 0 spiro atoms. The molecule has 0 aliphatic rings. The highest BCUT2D eigenvalue weighted by Gasteiger charge is 2.14.